The van der Waals surface area contributed by atoms with Gasteiger partial charge in [-0.3, -0.25) is 0 Å². The van der Waals surface area contributed by atoms with Crippen molar-refractivity contribution in [3.8, 4) is 0 Å². The molecule has 0 fully saturated rings. The molecule has 2 nitrogen and oxygen atoms in total. The zero-order chi connectivity index (χ0) is 33.5. The Labute approximate surface area is 289 Å². The minimum absolute atomic E-state index is 0.0780. The van der Waals surface area contributed by atoms with Crippen LogP contribution in [0.2, 0.25) is 0 Å². The van der Waals surface area contributed by atoms with Crippen molar-refractivity contribution in [1.82, 2.24) is 0 Å². The zero-order valence-electron chi connectivity index (χ0n) is 28.6. The van der Waals surface area contributed by atoms with E-state index in [0.717, 1.165) is 34.1 Å². The Kier molecular flexibility index (Phi) is 7.65. The maximum atomic E-state index is 2.42. The molecule has 0 aliphatic carbocycles. The Bertz CT molecular complexity index is 2400. The fourth-order valence-electron chi connectivity index (χ4n) is 7.10. The molecule has 0 aliphatic rings. The summed E-state index contributed by atoms with van der Waals surface area (Å²) in [4.78, 5) is 4.82. The highest BCUT2D eigenvalue weighted by molar-refractivity contribution is 6.24. The van der Waals surface area contributed by atoms with E-state index in [2.05, 4.69) is 207 Å². The van der Waals surface area contributed by atoms with E-state index in [0.29, 0.717) is 0 Å². The summed E-state index contributed by atoms with van der Waals surface area (Å²) >= 11 is 0. The Balaban J connectivity index is 1.43. The lowest BCUT2D eigenvalue weighted by molar-refractivity contribution is 0.590. The summed E-state index contributed by atoms with van der Waals surface area (Å²) in [6.07, 6.45) is 0. The molecular weight excluding hydrogens is 593 g/mol. The predicted molar refractivity (Wildman–Crippen MR) is 212 cm³/mol. The summed E-state index contributed by atoms with van der Waals surface area (Å²) in [5.41, 5.74) is 9.50. The number of hydrogen-bond donors (Lipinski definition) is 0. The molecule has 0 N–H and O–H groups in total. The zero-order valence-corrected chi connectivity index (χ0v) is 28.6. The van der Waals surface area contributed by atoms with Crippen molar-refractivity contribution in [2.45, 2.75) is 33.1 Å². The lowest BCUT2D eigenvalue weighted by Crippen LogP contribution is -2.13. The number of aryl methyl sites for hydroxylation is 1. The molecule has 0 amide bonds. The van der Waals surface area contributed by atoms with Gasteiger partial charge in [-0.1, -0.05) is 136 Å². The van der Waals surface area contributed by atoms with Crippen LogP contribution in [-0.4, -0.2) is 0 Å². The SMILES string of the molecule is Cc1ccc(N(c2ccccc2)c2cc3c4ccccc4c(N(c4ccccc4)c4ccc(C(C)(C)C)cc4)cc3c3ccccc23)cc1. The lowest BCUT2D eigenvalue weighted by atomic mass is 9.87. The molecule has 0 aliphatic heterocycles. The first kappa shape index (κ1) is 30.5. The van der Waals surface area contributed by atoms with Crippen molar-refractivity contribution < 1.29 is 0 Å². The molecule has 8 rings (SSSR count). The van der Waals surface area contributed by atoms with E-state index in [-0.39, 0.29) is 5.41 Å². The van der Waals surface area contributed by atoms with E-state index in [4.69, 9.17) is 0 Å². The summed E-state index contributed by atoms with van der Waals surface area (Å²) in [5.74, 6) is 0. The van der Waals surface area contributed by atoms with Crippen molar-refractivity contribution in [3.05, 3.63) is 181 Å². The largest absolute Gasteiger partial charge is 0.310 e. The van der Waals surface area contributed by atoms with Crippen LogP contribution in [0.15, 0.2) is 170 Å². The molecule has 0 atom stereocenters. The molecule has 0 saturated carbocycles. The van der Waals surface area contributed by atoms with Crippen LogP contribution in [0, 0.1) is 6.92 Å². The van der Waals surface area contributed by atoms with Crippen molar-refractivity contribution >= 4 is 66.4 Å². The smallest absolute Gasteiger partial charge is 0.0546 e. The fraction of sp³-hybridized carbons (Fsp3) is 0.106. The second-order valence-electron chi connectivity index (χ2n) is 14.0. The van der Waals surface area contributed by atoms with E-state index >= 15 is 0 Å². The van der Waals surface area contributed by atoms with Gasteiger partial charge in [0.2, 0.25) is 0 Å². The van der Waals surface area contributed by atoms with Gasteiger partial charge in [0.25, 0.3) is 0 Å². The normalized spacial score (nSPS) is 11.7. The first-order chi connectivity index (χ1) is 23.9. The second-order valence-corrected chi connectivity index (χ2v) is 14.0. The second kappa shape index (κ2) is 12.3. The molecule has 0 spiro atoms. The topological polar surface area (TPSA) is 6.48 Å². The molecule has 0 aromatic heterocycles. The van der Waals surface area contributed by atoms with Crippen molar-refractivity contribution in [2.75, 3.05) is 9.80 Å². The highest BCUT2D eigenvalue weighted by Gasteiger charge is 2.22. The molecule has 238 valence electrons. The van der Waals surface area contributed by atoms with Crippen LogP contribution >= 0.6 is 0 Å². The first-order valence-electron chi connectivity index (χ1n) is 17.1. The highest BCUT2D eigenvalue weighted by atomic mass is 15.1. The van der Waals surface area contributed by atoms with Gasteiger partial charge in [0.1, 0.15) is 0 Å². The van der Waals surface area contributed by atoms with Gasteiger partial charge in [0.15, 0.2) is 0 Å². The number of hydrogen-bond acceptors (Lipinski definition) is 2. The first-order valence-corrected chi connectivity index (χ1v) is 17.1. The standard InChI is InChI=1S/C47H40N2/c1-33-23-27-37(28-24-33)48(35-15-7-5-8-16-35)45-31-43-40-20-12-14-22-42(40)46(32-44(43)39-19-11-13-21-41(39)45)49(36-17-9-6-10-18-36)38-29-25-34(26-30-38)47(2,3)4/h5-32H,1-4H3. The van der Waals surface area contributed by atoms with E-state index in [9.17, 15) is 0 Å². The molecule has 8 aromatic carbocycles. The number of anilines is 6. The molecule has 49 heavy (non-hydrogen) atoms. The summed E-state index contributed by atoms with van der Waals surface area (Å²) < 4.78 is 0. The Morgan fingerprint density at radius 2 is 0.694 bits per heavy atom. The maximum Gasteiger partial charge on any atom is 0.0546 e. The van der Waals surface area contributed by atoms with Crippen LogP contribution in [0.4, 0.5) is 34.1 Å². The van der Waals surface area contributed by atoms with Gasteiger partial charge in [0.05, 0.1) is 11.4 Å². The predicted octanol–water partition coefficient (Wildman–Crippen LogP) is 13.7. The maximum absolute atomic E-state index is 2.42. The van der Waals surface area contributed by atoms with Gasteiger partial charge in [-0.15, -0.1) is 0 Å². The average Bonchev–Trinajstić information content (AvgIpc) is 3.14. The summed E-state index contributed by atoms with van der Waals surface area (Å²) in [5, 5.41) is 7.34. The number of para-hydroxylation sites is 2. The van der Waals surface area contributed by atoms with E-state index in [1.807, 2.05) is 0 Å². The molecule has 0 radical (unpaired) electrons. The van der Waals surface area contributed by atoms with Crippen LogP contribution in [0.1, 0.15) is 31.9 Å². The third-order valence-electron chi connectivity index (χ3n) is 9.63. The van der Waals surface area contributed by atoms with Crippen LogP contribution in [-0.2, 0) is 5.41 Å². The van der Waals surface area contributed by atoms with Crippen molar-refractivity contribution in [3.63, 3.8) is 0 Å². The monoisotopic (exact) mass is 632 g/mol. The van der Waals surface area contributed by atoms with Crippen LogP contribution < -0.4 is 9.80 Å². The number of nitrogens with zero attached hydrogens (tertiary/aromatic N) is 2. The van der Waals surface area contributed by atoms with E-state index in [1.54, 1.807) is 0 Å². The summed E-state index contributed by atoms with van der Waals surface area (Å²) in [7, 11) is 0. The van der Waals surface area contributed by atoms with Gasteiger partial charge < -0.3 is 9.80 Å². The lowest BCUT2D eigenvalue weighted by Gasteiger charge is -2.30. The summed E-state index contributed by atoms with van der Waals surface area (Å²) in [6.45, 7) is 8.95. The number of rotatable bonds is 6. The molecule has 0 heterocycles. The number of benzene rings is 8. The highest BCUT2D eigenvalue weighted by Crippen LogP contribution is 2.47. The van der Waals surface area contributed by atoms with E-state index in [1.165, 1.54) is 43.4 Å². The molecule has 0 saturated heterocycles. The molecular formula is C47H40N2. The summed E-state index contributed by atoms with van der Waals surface area (Å²) in [6, 6.07) is 62.0. The molecule has 2 heteroatoms. The van der Waals surface area contributed by atoms with Gasteiger partial charge in [-0.25, -0.2) is 0 Å². The minimum Gasteiger partial charge on any atom is -0.310 e. The Hall–Kier alpha value is -5.86. The van der Waals surface area contributed by atoms with Gasteiger partial charge in [-0.05, 0) is 100 Å². The third-order valence-corrected chi connectivity index (χ3v) is 9.63. The van der Waals surface area contributed by atoms with Crippen molar-refractivity contribution in [2.24, 2.45) is 0 Å². The van der Waals surface area contributed by atoms with Gasteiger partial charge in [0, 0.05) is 33.5 Å². The van der Waals surface area contributed by atoms with Crippen molar-refractivity contribution in [1.29, 1.82) is 0 Å². The molecule has 8 aromatic rings. The molecule has 0 bridgehead atoms. The number of fused-ring (bicyclic) bond motifs is 5. The van der Waals surface area contributed by atoms with Gasteiger partial charge in [-0.2, -0.15) is 0 Å². The Morgan fingerprint density at radius 3 is 1.10 bits per heavy atom. The van der Waals surface area contributed by atoms with Crippen LogP contribution in [0.5, 0.6) is 0 Å². The minimum atomic E-state index is 0.0780. The van der Waals surface area contributed by atoms with E-state index < -0.39 is 0 Å². The van der Waals surface area contributed by atoms with Gasteiger partial charge >= 0.3 is 0 Å². The van der Waals surface area contributed by atoms with Crippen LogP contribution in [0.3, 0.4) is 0 Å². The Morgan fingerprint density at radius 1 is 0.347 bits per heavy atom. The van der Waals surface area contributed by atoms with Crippen LogP contribution in [0.25, 0.3) is 32.3 Å². The quantitative estimate of drug-likeness (QED) is 0.168. The third kappa shape index (κ3) is 5.60. The average molecular weight is 633 g/mol. The fourth-order valence-corrected chi connectivity index (χ4v) is 7.10. The molecule has 0 unspecified atom stereocenters.